The third-order valence-electron chi connectivity index (χ3n) is 3.77. The Bertz CT molecular complexity index is 246. The highest BCUT2D eigenvalue weighted by molar-refractivity contribution is 5.78. The predicted octanol–water partition coefficient (Wildman–Crippen LogP) is 1.20. The summed E-state index contributed by atoms with van der Waals surface area (Å²) in [5.41, 5.74) is 0. The Hall–Kier alpha value is -0.610. The summed E-state index contributed by atoms with van der Waals surface area (Å²) in [6.45, 7) is 3.27. The number of amides is 1. The van der Waals surface area contributed by atoms with E-state index in [-0.39, 0.29) is 5.91 Å². The van der Waals surface area contributed by atoms with Gasteiger partial charge in [0.15, 0.2) is 0 Å². The minimum absolute atomic E-state index is 0.150. The van der Waals surface area contributed by atoms with Crippen LogP contribution in [0.25, 0.3) is 0 Å². The van der Waals surface area contributed by atoms with Gasteiger partial charge in [0.1, 0.15) is 0 Å². The number of hydrogen-bond donors (Lipinski definition) is 2. The molecule has 0 spiro atoms. The summed E-state index contributed by atoms with van der Waals surface area (Å²) in [5, 5.41) is 6.38. The van der Waals surface area contributed by atoms with Crippen LogP contribution in [0.1, 0.15) is 45.4 Å². The van der Waals surface area contributed by atoms with Gasteiger partial charge in [0.25, 0.3) is 0 Å². The van der Waals surface area contributed by atoms with Crippen molar-refractivity contribution in [3.8, 4) is 0 Å². The van der Waals surface area contributed by atoms with Crippen LogP contribution in [0.15, 0.2) is 0 Å². The number of hydrogen-bond acceptors (Lipinski definition) is 3. The Balaban J connectivity index is 1.52. The molecule has 0 bridgehead atoms. The standard InChI is InChI=1S/C13H24N2O2/c1-2-17-12-7-11(8-12)14-9-13(16)15-10-5-3-4-6-10/h10-12,14H,2-9H2,1H3,(H,15,16). The molecule has 0 heterocycles. The van der Waals surface area contributed by atoms with E-state index in [1.807, 2.05) is 6.92 Å². The Kier molecular flexibility index (Phi) is 4.80. The largest absolute Gasteiger partial charge is 0.378 e. The second kappa shape index (κ2) is 6.36. The fourth-order valence-corrected chi connectivity index (χ4v) is 2.69. The van der Waals surface area contributed by atoms with Gasteiger partial charge in [0, 0.05) is 18.7 Å². The summed E-state index contributed by atoms with van der Waals surface area (Å²) in [6.07, 6.45) is 7.34. The zero-order chi connectivity index (χ0) is 12.1. The van der Waals surface area contributed by atoms with Crippen LogP contribution >= 0.6 is 0 Å². The summed E-state index contributed by atoms with van der Waals surface area (Å²) in [4.78, 5) is 11.6. The summed E-state index contributed by atoms with van der Waals surface area (Å²) in [6, 6.07) is 0.905. The van der Waals surface area contributed by atoms with Gasteiger partial charge < -0.3 is 15.4 Å². The highest BCUT2D eigenvalue weighted by Gasteiger charge is 2.29. The molecule has 1 amide bonds. The molecule has 2 rings (SSSR count). The lowest BCUT2D eigenvalue weighted by Crippen LogP contribution is -2.49. The fraction of sp³-hybridized carbons (Fsp3) is 0.923. The van der Waals surface area contributed by atoms with Gasteiger partial charge in [-0.1, -0.05) is 12.8 Å². The molecule has 0 aromatic carbocycles. The molecule has 0 unspecified atom stereocenters. The smallest absolute Gasteiger partial charge is 0.234 e. The Morgan fingerprint density at radius 3 is 2.59 bits per heavy atom. The van der Waals surface area contributed by atoms with Crippen molar-refractivity contribution in [1.29, 1.82) is 0 Å². The maximum atomic E-state index is 11.6. The van der Waals surface area contributed by atoms with Crippen LogP contribution in [0.5, 0.6) is 0 Å². The van der Waals surface area contributed by atoms with Gasteiger partial charge >= 0.3 is 0 Å². The van der Waals surface area contributed by atoms with E-state index < -0.39 is 0 Å². The third-order valence-corrected chi connectivity index (χ3v) is 3.77. The monoisotopic (exact) mass is 240 g/mol. The van der Waals surface area contributed by atoms with Crippen LogP contribution in [-0.4, -0.2) is 37.2 Å². The molecule has 0 aromatic rings. The lowest BCUT2D eigenvalue weighted by molar-refractivity contribution is -0.121. The first kappa shape index (κ1) is 12.8. The molecule has 17 heavy (non-hydrogen) atoms. The molecule has 2 aliphatic carbocycles. The predicted molar refractivity (Wildman–Crippen MR) is 66.8 cm³/mol. The van der Waals surface area contributed by atoms with E-state index in [1.165, 1.54) is 12.8 Å². The lowest BCUT2D eigenvalue weighted by Gasteiger charge is -2.35. The topological polar surface area (TPSA) is 50.4 Å². The molecule has 0 aromatic heterocycles. The first-order chi connectivity index (χ1) is 8.28. The summed E-state index contributed by atoms with van der Waals surface area (Å²) < 4.78 is 5.48. The van der Waals surface area contributed by atoms with Crippen molar-refractivity contribution in [2.24, 2.45) is 0 Å². The Labute approximate surface area is 103 Å². The minimum atomic E-state index is 0.150. The van der Waals surface area contributed by atoms with E-state index in [0.29, 0.717) is 24.7 Å². The van der Waals surface area contributed by atoms with Gasteiger partial charge in [-0.05, 0) is 32.6 Å². The van der Waals surface area contributed by atoms with Gasteiger partial charge in [-0.2, -0.15) is 0 Å². The molecule has 0 radical (unpaired) electrons. The van der Waals surface area contributed by atoms with Crippen molar-refractivity contribution in [3.63, 3.8) is 0 Å². The van der Waals surface area contributed by atoms with Crippen LogP contribution in [0, 0.1) is 0 Å². The molecule has 0 atom stereocenters. The minimum Gasteiger partial charge on any atom is -0.378 e. The quantitative estimate of drug-likeness (QED) is 0.733. The maximum Gasteiger partial charge on any atom is 0.234 e. The first-order valence-corrected chi connectivity index (χ1v) is 6.92. The summed E-state index contributed by atoms with van der Waals surface area (Å²) in [7, 11) is 0. The van der Waals surface area contributed by atoms with Gasteiger partial charge in [-0.3, -0.25) is 4.79 Å². The zero-order valence-electron chi connectivity index (χ0n) is 10.7. The first-order valence-electron chi connectivity index (χ1n) is 6.92. The number of nitrogens with one attached hydrogen (secondary N) is 2. The van der Waals surface area contributed by atoms with Crippen LogP contribution in [0.2, 0.25) is 0 Å². The maximum absolute atomic E-state index is 11.6. The Morgan fingerprint density at radius 2 is 1.94 bits per heavy atom. The average molecular weight is 240 g/mol. The van der Waals surface area contributed by atoms with Crippen LogP contribution in [0.3, 0.4) is 0 Å². The molecular weight excluding hydrogens is 216 g/mol. The van der Waals surface area contributed by atoms with Crippen molar-refractivity contribution in [1.82, 2.24) is 10.6 Å². The number of carbonyl (C=O) groups excluding carboxylic acids is 1. The van der Waals surface area contributed by atoms with E-state index in [9.17, 15) is 4.79 Å². The number of rotatable bonds is 6. The summed E-state index contributed by atoms with van der Waals surface area (Å²) >= 11 is 0. The summed E-state index contributed by atoms with van der Waals surface area (Å²) in [5.74, 6) is 0.150. The van der Waals surface area contributed by atoms with Crippen molar-refractivity contribution in [2.75, 3.05) is 13.2 Å². The number of ether oxygens (including phenoxy) is 1. The molecule has 0 saturated heterocycles. The van der Waals surface area contributed by atoms with Crippen molar-refractivity contribution < 1.29 is 9.53 Å². The molecular formula is C13H24N2O2. The van der Waals surface area contributed by atoms with E-state index in [2.05, 4.69) is 10.6 Å². The molecule has 98 valence electrons. The Morgan fingerprint density at radius 1 is 1.24 bits per heavy atom. The van der Waals surface area contributed by atoms with Gasteiger partial charge in [-0.25, -0.2) is 0 Å². The lowest BCUT2D eigenvalue weighted by atomic mass is 9.89. The van der Waals surface area contributed by atoms with Crippen LogP contribution < -0.4 is 10.6 Å². The van der Waals surface area contributed by atoms with E-state index >= 15 is 0 Å². The molecule has 4 nitrogen and oxygen atoms in total. The molecule has 2 N–H and O–H groups in total. The number of carbonyl (C=O) groups is 1. The van der Waals surface area contributed by atoms with Crippen LogP contribution in [-0.2, 0) is 9.53 Å². The zero-order valence-corrected chi connectivity index (χ0v) is 10.7. The molecule has 2 saturated carbocycles. The van der Waals surface area contributed by atoms with Gasteiger partial charge in [-0.15, -0.1) is 0 Å². The second-order valence-electron chi connectivity index (χ2n) is 5.18. The third kappa shape index (κ3) is 3.96. The highest BCUT2D eigenvalue weighted by Crippen LogP contribution is 2.23. The van der Waals surface area contributed by atoms with Crippen molar-refractivity contribution in [2.45, 2.75) is 63.6 Å². The molecule has 2 aliphatic rings. The van der Waals surface area contributed by atoms with E-state index in [0.717, 1.165) is 32.3 Å². The average Bonchev–Trinajstić information content (AvgIpc) is 2.74. The van der Waals surface area contributed by atoms with E-state index in [1.54, 1.807) is 0 Å². The van der Waals surface area contributed by atoms with Crippen molar-refractivity contribution >= 4 is 5.91 Å². The molecule has 0 aliphatic heterocycles. The van der Waals surface area contributed by atoms with Gasteiger partial charge in [0.2, 0.25) is 5.91 Å². The highest BCUT2D eigenvalue weighted by atomic mass is 16.5. The van der Waals surface area contributed by atoms with Gasteiger partial charge in [0.05, 0.1) is 12.6 Å². The SMILES string of the molecule is CCOC1CC(NCC(=O)NC2CCCC2)C1. The normalized spacial score (nSPS) is 29.0. The van der Waals surface area contributed by atoms with Crippen LogP contribution in [0.4, 0.5) is 0 Å². The second-order valence-corrected chi connectivity index (χ2v) is 5.18. The van der Waals surface area contributed by atoms with E-state index in [4.69, 9.17) is 4.74 Å². The van der Waals surface area contributed by atoms with Crippen molar-refractivity contribution in [3.05, 3.63) is 0 Å². The fourth-order valence-electron chi connectivity index (χ4n) is 2.69. The molecule has 4 heteroatoms. The molecule has 2 fully saturated rings.